The monoisotopic (exact) mass is 466 g/mol. The van der Waals surface area contributed by atoms with Crippen LogP contribution in [0, 0.1) is 0 Å². The number of ether oxygens (including phenoxy) is 5. The van der Waals surface area contributed by atoms with E-state index in [1.54, 1.807) is 0 Å². The van der Waals surface area contributed by atoms with Gasteiger partial charge in [-0.1, -0.05) is 0 Å². The molecule has 2 saturated heterocycles. The average Bonchev–Trinajstić information content (AvgIpc) is 2.55. The van der Waals surface area contributed by atoms with Crippen LogP contribution >= 0.6 is 0 Å². The van der Waals surface area contributed by atoms with Crippen molar-refractivity contribution in [2.75, 3.05) is 11.5 Å². The first kappa shape index (κ1) is 25.0. The van der Waals surface area contributed by atoms with Gasteiger partial charge < -0.3 is 28.8 Å². The van der Waals surface area contributed by atoms with E-state index in [1.807, 2.05) is 0 Å². The van der Waals surface area contributed by atoms with Crippen molar-refractivity contribution in [3.8, 4) is 0 Å². The van der Waals surface area contributed by atoms with Crippen LogP contribution in [0.15, 0.2) is 0 Å². The van der Waals surface area contributed by atoms with E-state index in [1.165, 1.54) is 0 Å². The number of esters is 4. The molecule has 5 atom stereocenters. The minimum absolute atomic E-state index is 0.0354. The highest BCUT2D eigenvalue weighted by molar-refractivity contribution is 7.93. The Morgan fingerprint density at radius 1 is 0.839 bits per heavy atom. The van der Waals surface area contributed by atoms with Gasteiger partial charge in [0, 0.05) is 27.7 Å². The summed E-state index contributed by atoms with van der Waals surface area (Å²) >= 11 is 0. The third-order valence-electron chi connectivity index (χ3n) is 4.65. The lowest BCUT2D eigenvalue weighted by molar-refractivity contribution is -0.297. The SMILES string of the molecule is CC(=O)O[C@H]1O[C@H](CCC2(O)CS(=O)(=O)C2)[C@@H](OC(C)=O)[C@H](OC(C)=O)[C@@H]1OC(C)=O. The first-order valence-corrected chi connectivity index (χ1v) is 11.3. The third kappa shape index (κ3) is 6.87. The Kier molecular flexibility index (Phi) is 7.66. The van der Waals surface area contributed by atoms with Gasteiger partial charge in [-0.05, 0) is 12.8 Å². The number of rotatable bonds is 7. The Morgan fingerprint density at radius 2 is 1.29 bits per heavy atom. The van der Waals surface area contributed by atoms with Gasteiger partial charge >= 0.3 is 23.9 Å². The molecule has 1 N–H and O–H groups in total. The molecule has 0 bridgehead atoms. The second-order valence-corrected chi connectivity index (χ2v) is 9.73. The van der Waals surface area contributed by atoms with E-state index in [9.17, 15) is 32.7 Å². The molecule has 2 aliphatic heterocycles. The van der Waals surface area contributed by atoms with Gasteiger partial charge in [0.15, 0.2) is 22.0 Å². The van der Waals surface area contributed by atoms with Gasteiger partial charge in [-0.25, -0.2) is 8.42 Å². The zero-order valence-corrected chi connectivity index (χ0v) is 18.4. The first-order valence-electron chi connectivity index (χ1n) is 9.48. The minimum Gasteiger partial charge on any atom is -0.456 e. The Hall–Kier alpha value is -2.25. The molecule has 0 amide bonds. The van der Waals surface area contributed by atoms with Crippen LogP contribution in [0.3, 0.4) is 0 Å². The molecule has 0 aromatic rings. The zero-order chi connectivity index (χ0) is 23.6. The van der Waals surface area contributed by atoms with Crippen LogP contribution in [-0.2, 0) is 52.7 Å². The number of sulfone groups is 1. The van der Waals surface area contributed by atoms with Crippen LogP contribution < -0.4 is 0 Å². The molecule has 12 nitrogen and oxygen atoms in total. The van der Waals surface area contributed by atoms with Crippen molar-refractivity contribution in [3.05, 3.63) is 0 Å². The Morgan fingerprint density at radius 3 is 1.74 bits per heavy atom. The van der Waals surface area contributed by atoms with Gasteiger partial charge in [-0.3, -0.25) is 19.2 Å². The summed E-state index contributed by atoms with van der Waals surface area (Å²) in [7, 11) is -3.32. The summed E-state index contributed by atoms with van der Waals surface area (Å²) in [6, 6.07) is 0. The van der Waals surface area contributed by atoms with Gasteiger partial charge in [-0.15, -0.1) is 0 Å². The molecule has 0 aromatic carbocycles. The first-order chi connectivity index (χ1) is 14.2. The number of hydrogen-bond acceptors (Lipinski definition) is 12. The van der Waals surface area contributed by atoms with E-state index in [0.717, 1.165) is 27.7 Å². The van der Waals surface area contributed by atoms with Crippen molar-refractivity contribution in [3.63, 3.8) is 0 Å². The quantitative estimate of drug-likeness (QED) is 0.360. The maximum atomic E-state index is 11.7. The Bertz CT molecular complexity index is 822. The maximum Gasteiger partial charge on any atom is 0.305 e. The highest BCUT2D eigenvalue weighted by atomic mass is 32.2. The van der Waals surface area contributed by atoms with Crippen LogP contribution in [0.1, 0.15) is 40.5 Å². The largest absolute Gasteiger partial charge is 0.456 e. The second-order valence-electron chi connectivity index (χ2n) is 7.67. The fraction of sp³-hybridized carbons (Fsp3) is 0.778. The molecule has 2 aliphatic rings. The molecule has 13 heteroatoms. The lowest BCUT2D eigenvalue weighted by atomic mass is 9.91. The summed E-state index contributed by atoms with van der Waals surface area (Å²) in [5.41, 5.74) is -1.48. The molecule has 0 unspecified atom stereocenters. The van der Waals surface area contributed by atoms with Crippen LogP contribution in [0.25, 0.3) is 0 Å². The van der Waals surface area contributed by atoms with Crippen molar-refractivity contribution in [1.29, 1.82) is 0 Å². The molecule has 2 rings (SSSR count). The highest BCUT2D eigenvalue weighted by Gasteiger charge is 2.54. The van der Waals surface area contributed by atoms with E-state index in [0.29, 0.717) is 0 Å². The summed E-state index contributed by atoms with van der Waals surface area (Å²) < 4.78 is 49.3. The summed E-state index contributed by atoms with van der Waals surface area (Å²) in [5.74, 6) is -3.98. The second kappa shape index (κ2) is 9.49. The van der Waals surface area contributed by atoms with Gasteiger partial charge in [-0.2, -0.15) is 0 Å². The smallest absolute Gasteiger partial charge is 0.305 e. The van der Waals surface area contributed by atoms with Crippen LogP contribution in [0.2, 0.25) is 0 Å². The fourth-order valence-corrected chi connectivity index (χ4v) is 5.52. The molecular weight excluding hydrogens is 440 g/mol. The summed E-state index contributed by atoms with van der Waals surface area (Å²) in [6.07, 6.45) is -6.75. The molecule has 0 radical (unpaired) electrons. The lowest BCUT2D eigenvalue weighted by Crippen LogP contribution is -2.62. The molecule has 0 spiro atoms. The zero-order valence-electron chi connectivity index (χ0n) is 17.6. The van der Waals surface area contributed by atoms with E-state index in [2.05, 4.69) is 0 Å². The van der Waals surface area contributed by atoms with E-state index >= 15 is 0 Å². The number of hydrogen-bond donors (Lipinski definition) is 1. The van der Waals surface area contributed by atoms with Crippen molar-refractivity contribution in [2.45, 2.75) is 76.8 Å². The fourth-order valence-electron chi connectivity index (χ4n) is 3.68. The Balaban J connectivity index is 2.33. The van der Waals surface area contributed by atoms with Gasteiger partial charge in [0.05, 0.1) is 17.1 Å². The van der Waals surface area contributed by atoms with Crippen molar-refractivity contribution < 1.29 is 56.4 Å². The van der Waals surface area contributed by atoms with Gasteiger partial charge in [0.1, 0.15) is 6.10 Å². The summed E-state index contributed by atoms with van der Waals surface area (Å²) in [4.78, 5) is 46.5. The topological polar surface area (TPSA) is 169 Å². The predicted molar refractivity (Wildman–Crippen MR) is 99.9 cm³/mol. The molecule has 2 heterocycles. The molecule has 0 aromatic heterocycles. The molecule has 0 aliphatic carbocycles. The van der Waals surface area contributed by atoms with Crippen LogP contribution in [0.5, 0.6) is 0 Å². The molecule has 2 fully saturated rings. The van der Waals surface area contributed by atoms with Gasteiger partial charge in [0.25, 0.3) is 0 Å². The summed E-state index contributed by atoms with van der Waals surface area (Å²) in [5, 5.41) is 10.4. The average molecular weight is 466 g/mol. The Labute approximate surface area is 179 Å². The standard InChI is InChI=1S/C18H26O12S/c1-9(19)26-14-13(5-6-18(23)7-31(24,25)8-18)30-17(29-12(4)22)16(28-11(3)21)15(14)27-10(2)20/h13-17,23H,5-8H2,1-4H3/t13-,14-,15+,16+,17+/m1/s1. The molecule has 31 heavy (non-hydrogen) atoms. The van der Waals surface area contributed by atoms with Crippen molar-refractivity contribution in [1.82, 2.24) is 0 Å². The lowest BCUT2D eigenvalue weighted by Gasteiger charge is -2.45. The highest BCUT2D eigenvalue weighted by Crippen LogP contribution is 2.35. The number of carbonyl (C=O) groups is 4. The van der Waals surface area contributed by atoms with E-state index in [-0.39, 0.29) is 12.8 Å². The third-order valence-corrected chi connectivity index (χ3v) is 6.61. The molecule has 176 valence electrons. The number of carbonyl (C=O) groups excluding carboxylic acids is 4. The van der Waals surface area contributed by atoms with Crippen LogP contribution in [-0.4, -0.2) is 85.2 Å². The van der Waals surface area contributed by atoms with E-state index in [4.69, 9.17) is 23.7 Å². The minimum atomic E-state index is -3.32. The van der Waals surface area contributed by atoms with E-state index < -0.39 is 81.5 Å². The summed E-state index contributed by atoms with van der Waals surface area (Å²) in [6.45, 7) is 4.36. The van der Waals surface area contributed by atoms with Gasteiger partial charge in [0.2, 0.25) is 12.4 Å². The normalized spacial score (nSPS) is 30.9. The maximum absolute atomic E-state index is 11.7. The van der Waals surface area contributed by atoms with Crippen LogP contribution in [0.4, 0.5) is 0 Å². The number of aliphatic hydroxyl groups is 1. The molecular formula is C18H26O12S. The van der Waals surface area contributed by atoms with Crippen molar-refractivity contribution >= 4 is 33.7 Å². The van der Waals surface area contributed by atoms with Crippen molar-refractivity contribution in [2.24, 2.45) is 0 Å². The molecule has 0 saturated carbocycles. The predicted octanol–water partition coefficient (Wildman–Crippen LogP) is -0.991.